The molecule has 2 amide bonds. The number of para-hydroxylation sites is 3. The van der Waals surface area contributed by atoms with E-state index in [1.165, 1.54) is 0 Å². The number of carbonyl (C=O) groups excluding carboxylic acids is 2. The molecule has 0 radical (unpaired) electrons. The number of nitrogens with zero attached hydrogens (tertiary/aromatic N) is 2. The number of aromatic nitrogens is 2. The second-order valence-electron chi connectivity index (χ2n) is 10.5. The molecule has 1 aliphatic heterocycles. The molecule has 2 aromatic carbocycles. The predicted molar refractivity (Wildman–Crippen MR) is 166 cm³/mol. The average Bonchev–Trinajstić information content (AvgIpc) is 3.25. The van der Waals surface area contributed by atoms with Crippen molar-refractivity contribution in [3.05, 3.63) is 88.0 Å². The van der Waals surface area contributed by atoms with E-state index in [2.05, 4.69) is 10.6 Å². The van der Waals surface area contributed by atoms with Gasteiger partial charge >= 0.3 is 0 Å². The highest BCUT2D eigenvalue weighted by Gasteiger charge is 2.33. The quantitative estimate of drug-likeness (QED) is 0.152. The van der Waals surface area contributed by atoms with Crippen molar-refractivity contribution < 1.29 is 28.9 Å². The molecule has 4 rings (SSSR count). The van der Waals surface area contributed by atoms with Gasteiger partial charge in [0.15, 0.2) is 5.76 Å². The average molecular weight is 608 g/mol. The van der Waals surface area contributed by atoms with Crippen molar-refractivity contribution in [3.63, 3.8) is 0 Å². The third kappa shape index (κ3) is 8.37. The summed E-state index contributed by atoms with van der Waals surface area (Å²) >= 11 is 0. The largest absolute Gasteiger partial charge is 0.459 e. The molecule has 3 aromatic rings. The van der Waals surface area contributed by atoms with Gasteiger partial charge in [-0.3, -0.25) is 19.1 Å². The van der Waals surface area contributed by atoms with Crippen LogP contribution >= 0.6 is 0 Å². The van der Waals surface area contributed by atoms with Gasteiger partial charge in [-0.05, 0) is 50.1 Å². The summed E-state index contributed by atoms with van der Waals surface area (Å²) in [5, 5.41) is 14.6. The minimum atomic E-state index is -0.790. The van der Waals surface area contributed by atoms with E-state index in [1.807, 2.05) is 44.3 Å². The minimum Gasteiger partial charge on any atom is -0.459 e. The van der Waals surface area contributed by atoms with Crippen LogP contribution in [0, 0.1) is 6.92 Å². The predicted octanol–water partition coefficient (Wildman–Crippen LogP) is 2.73. The number of carbonyl (C=O) groups is 2. The first-order chi connectivity index (χ1) is 21.3. The highest BCUT2D eigenvalue weighted by molar-refractivity contribution is 5.93. The van der Waals surface area contributed by atoms with E-state index in [0.29, 0.717) is 42.7 Å². The molecular formula is C32H41N5O7. The molecule has 1 aliphatic rings. The van der Waals surface area contributed by atoms with Crippen LogP contribution in [0.5, 0.6) is 0 Å². The number of nitrogen functional groups attached to an aromatic ring is 1. The van der Waals surface area contributed by atoms with Crippen LogP contribution in [0.15, 0.2) is 71.2 Å². The van der Waals surface area contributed by atoms with Gasteiger partial charge < -0.3 is 35.7 Å². The van der Waals surface area contributed by atoms with Crippen molar-refractivity contribution in [1.82, 2.24) is 14.7 Å². The summed E-state index contributed by atoms with van der Waals surface area (Å²) in [5.41, 5.74) is 8.82. The Balaban J connectivity index is 1.41. The summed E-state index contributed by atoms with van der Waals surface area (Å²) in [6.45, 7) is 2.73. The van der Waals surface area contributed by atoms with Gasteiger partial charge in [-0.25, -0.2) is 4.68 Å². The zero-order valence-corrected chi connectivity index (χ0v) is 25.2. The van der Waals surface area contributed by atoms with E-state index in [-0.39, 0.29) is 50.1 Å². The van der Waals surface area contributed by atoms with Crippen molar-refractivity contribution >= 4 is 23.2 Å². The molecule has 12 heteroatoms. The monoisotopic (exact) mass is 607 g/mol. The normalized spacial score (nSPS) is 16.2. The van der Waals surface area contributed by atoms with E-state index in [4.69, 9.17) is 25.1 Å². The van der Waals surface area contributed by atoms with Crippen LogP contribution in [-0.2, 0) is 30.8 Å². The molecule has 0 aliphatic carbocycles. The molecule has 0 unspecified atom stereocenters. The van der Waals surface area contributed by atoms with E-state index >= 15 is 0 Å². The lowest BCUT2D eigenvalue weighted by Crippen LogP contribution is -2.34. The molecule has 0 fully saturated rings. The number of unbranched alkanes of at least 4 members (excludes halogenated alkanes) is 1. The van der Waals surface area contributed by atoms with Gasteiger partial charge in [0, 0.05) is 43.6 Å². The number of hydrogen-bond donors (Lipinski definition) is 4. The van der Waals surface area contributed by atoms with Gasteiger partial charge in [0.1, 0.15) is 0 Å². The zero-order chi connectivity index (χ0) is 31.5. The number of nitrogens with one attached hydrogen (secondary N) is 2. The van der Waals surface area contributed by atoms with Gasteiger partial charge in [-0.2, -0.15) is 0 Å². The maximum absolute atomic E-state index is 13.7. The number of rotatable bonds is 15. The summed E-state index contributed by atoms with van der Waals surface area (Å²) < 4.78 is 20.5. The van der Waals surface area contributed by atoms with Gasteiger partial charge in [0.25, 0.3) is 11.5 Å². The SMILES string of the molecule is Cc1c([C@H]2C=C(C(=O)NCCCCC(=O)Nc3ccccc3N)O[C@@H](OCCOCCO)C2)c(=O)n(-c2ccccc2)n1C. The fourth-order valence-electron chi connectivity index (χ4n) is 5.06. The van der Waals surface area contributed by atoms with Crippen LogP contribution in [0.3, 0.4) is 0 Å². The van der Waals surface area contributed by atoms with Crippen molar-refractivity contribution in [2.24, 2.45) is 7.05 Å². The van der Waals surface area contributed by atoms with E-state index in [0.717, 1.165) is 11.4 Å². The molecule has 0 saturated heterocycles. The standard InChI is InChI=1S/C32H41N5O7/c1-22-30(32(41)37(36(22)2)24-10-4-3-5-11-24)23-20-27(44-29(21-23)43-19-18-42-17-16-38)31(40)34-15-9-8-14-28(39)35-26-13-7-6-12-25(26)33/h3-7,10-13,20,23,29,38H,8-9,14-19,21,33H2,1-2H3,(H,34,40)(H,35,39)/t23-,29+/m0/s1. The summed E-state index contributed by atoms with van der Waals surface area (Å²) in [6.07, 6.45) is 2.62. The van der Waals surface area contributed by atoms with Crippen LogP contribution in [-0.4, -0.2) is 65.5 Å². The van der Waals surface area contributed by atoms with Crippen molar-refractivity contribution in [2.75, 3.05) is 44.0 Å². The van der Waals surface area contributed by atoms with E-state index < -0.39 is 18.1 Å². The Morgan fingerprint density at radius 1 is 1.07 bits per heavy atom. The lowest BCUT2D eigenvalue weighted by atomic mass is 9.93. The van der Waals surface area contributed by atoms with E-state index in [9.17, 15) is 14.4 Å². The molecule has 0 bridgehead atoms. The number of aliphatic hydroxyl groups excluding tert-OH is 1. The molecular weight excluding hydrogens is 566 g/mol. The molecule has 1 aromatic heterocycles. The lowest BCUT2D eigenvalue weighted by Gasteiger charge is -2.29. The molecule has 2 atom stereocenters. The second kappa shape index (κ2) is 15.9. The van der Waals surface area contributed by atoms with Crippen LogP contribution in [0.2, 0.25) is 0 Å². The molecule has 5 N–H and O–H groups in total. The number of anilines is 2. The Kier molecular flexibility index (Phi) is 11.8. The summed E-state index contributed by atoms with van der Waals surface area (Å²) in [5.74, 6) is -0.963. The van der Waals surface area contributed by atoms with Gasteiger partial charge in [0.2, 0.25) is 12.2 Å². The fourth-order valence-corrected chi connectivity index (χ4v) is 5.06. The summed E-state index contributed by atoms with van der Waals surface area (Å²) in [6, 6.07) is 16.4. The topological polar surface area (TPSA) is 159 Å². The molecule has 12 nitrogen and oxygen atoms in total. The van der Waals surface area contributed by atoms with Gasteiger partial charge in [0.05, 0.1) is 43.5 Å². The number of aliphatic hydroxyl groups is 1. The zero-order valence-electron chi connectivity index (χ0n) is 25.2. The number of benzene rings is 2. The minimum absolute atomic E-state index is 0.0636. The molecule has 236 valence electrons. The van der Waals surface area contributed by atoms with Crippen LogP contribution in [0.1, 0.15) is 42.9 Å². The Labute approximate surface area is 256 Å². The van der Waals surface area contributed by atoms with Crippen molar-refractivity contribution in [3.8, 4) is 5.69 Å². The van der Waals surface area contributed by atoms with Gasteiger partial charge in [-0.15, -0.1) is 0 Å². The third-order valence-corrected chi connectivity index (χ3v) is 7.37. The number of hydrogen-bond acceptors (Lipinski definition) is 8. The number of allylic oxidation sites excluding steroid dienone is 1. The van der Waals surface area contributed by atoms with Gasteiger partial charge in [-0.1, -0.05) is 30.3 Å². The number of nitrogens with two attached hydrogens (primary N) is 1. The lowest BCUT2D eigenvalue weighted by molar-refractivity contribution is -0.151. The van der Waals surface area contributed by atoms with Crippen LogP contribution in [0.25, 0.3) is 5.69 Å². The third-order valence-electron chi connectivity index (χ3n) is 7.37. The maximum Gasteiger partial charge on any atom is 0.286 e. The Morgan fingerprint density at radius 2 is 1.82 bits per heavy atom. The number of amides is 2. The smallest absolute Gasteiger partial charge is 0.286 e. The van der Waals surface area contributed by atoms with Crippen LogP contribution < -0.4 is 21.9 Å². The fraction of sp³-hybridized carbons (Fsp3) is 0.406. The molecule has 0 spiro atoms. The first-order valence-corrected chi connectivity index (χ1v) is 14.7. The van der Waals surface area contributed by atoms with Crippen LogP contribution in [0.4, 0.5) is 11.4 Å². The molecule has 2 heterocycles. The maximum atomic E-state index is 13.7. The van der Waals surface area contributed by atoms with E-state index in [1.54, 1.807) is 39.7 Å². The molecule has 44 heavy (non-hydrogen) atoms. The number of ether oxygens (including phenoxy) is 3. The van der Waals surface area contributed by atoms with Crippen molar-refractivity contribution in [1.29, 1.82) is 0 Å². The second-order valence-corrected chi connectivity index (χ2v) is 10.5. The first kappa shape index (κ1) is 32.5. The first-order valence-electron chi connectivity index (χ1n) is 14.7. The summed E-state index contributed by atoms with van der Waals surface area (Å²) in [7, 11) is 1.82. The Hall–Kier alpha value is -4.39. The summed E-state index contributed by atoms with van der Waals surface area (Å²) in [4.78, 5) is 39.2. The van der Waals surface area contributed by atoms with Crippen molar-refractivity contribution in [2.45, 2.75) is 44.8 Å². The Bertz CT molecular complexity index is 1500. The highest BCUT2D eigenvalue weighted by Crippen LogP contribution is 2.32. The molecule has 0 saturated carbocycles. The highest BCUT2D eigenvalue weighted by atomic mass is 16.7. The Morgan fingerprint density at radius 3 is 2.57 bits per heavy atom.